The van der Waals surface area contributed by atoms with E-state index in [9.17, 15) is 8.42 Å². The summed E-state index contributed by atoms with van der Waals surface area (Å²) in [5.74, 6) is 0. The zero-order valence-electron chi connectivity index (χ0n) is 15.6. The van der Waals surface area contributed by atoms with Gasteiger partial charge in [0.15, 0.2) is 0 Å². The molecule has 0 unspecified atom stereocenters. The summed E-state index contributed by atoms with van der Waals surface area (Å²) in [6.45, 7) is 6.06. The zero-order valence-corrected chi connectivity index (χ0v) is 17.2. The number of aryl methyl sites for hydroxylation is 3. The topological polar surface area (TPSA) is 37.4 Å². The Morgan fingerprint density at radius 2 is 1.41 bits per heavy atom. The average molecular weight is 400 g/mol. The number of anilines is 1. The maximum atomic E-state index is 13.5. The van der Waals surface area contributed by atoms with Crippen LogP contribution in [-0.2, 0) is 16.6 Å². The smallest absolute Gasteiger partial charge is 0.262 e. The lowest BCUT2D eigenvalue weighted by Gasteiger charge is -2.27. The molecule has 140 valence electrons. The molecule has 0 saturated heterocycles. The van der Waals surface area contributed by atoms with Crippen molar-refractivity contribution in [3.63, 3.8) is 0 Å². The van der Waals surface area contributed by atoms with Gasteiger partial charge in [0.25, 0.3) is 10.0 Å². The number of sulfonamides is 1. The second kappa shape index (κ2) is 7.75. The van der Waals surface area contributed by atoms with Crippen LogP contribution in [0.4, 0.5) is 5.69 Å². The van der Waals surface area contributed by atoms with E-state index in [2.05, 4.69) is 0 Å². The van der Waals surface area contributed by atoms with Gasteiger partial charge in [-0.3, -0.25) is 4.31 Å². The van der Waals surface area contributed by atoms with Gasteiger partial charge in [-0.15, -0.1) is 0 Å². The van der Waals surface area contributed by atoms with Gasteiger partial charge >= 0.3 is 0 Å². The lowest BCUT2D eigenvalue weighted by atomic mass is 10.1. The molecule has 0 aliphatic heterocycles. The van der Waals surface area contributed by atoms with Crippen molar-refractivity contribution in [1.29, 1.82) is 0 Å². The molecule has 0 aliphatic rings. The number of benzene rings is 3. The fourth-order valence-electron chi connectivity index (χ4n) is 2.88. The Labute approximate surface area is 166 Å². The molecule has 0 fully saturated rings. The van der Waals surface area contributed by atoms with Gasteiger partial charge < -0.3 is 0 Å². The molecule has 3 rings (SSSR count). The Morgan fingerprint density at radius 3 is 2.04 bits per heavy atom. The number of hydrogen-bond acceptors (Lipinski definition) is 2. The lowest BCUT2D eigenvalue weighted by molar-refractivity contribution is 0.590. The van der Waals surface area contributed by atoms with E-state index in [1.807, 2.05) is 63.2 Å². The summed E-state index contributed by atoms with van der Waals surface area (Å²) in [5, 5.41) is 0.624. The lowest BCUT2D eigenvalue weighted by Crippen LogP contribution is -2.31. The molecule has 0 spiro atoms. The van der Waals surface area contributed by atoms with Crippen molar-refractivity contribution in [2.45, 2.75) is 32.2 Å². The highest BCUT2D eigenvalue weighted by molar-refractivity contribution is 7.92. The van der Waals surface area contributed by atoms with E-state index >= 15 is 0 Å². The second-order valence-corrected chi connectivity index (χ2v) is 9.04. The molecule has 0 amide bonds. The third-order valence-corrected chi connectivity index (χ3v) is 6.51. The minimum Gasteiger partial charge on any atom is -0.262 e. The molecule has 0 heterocycles. The van der Waals surface area contributed by atoms with Crippen molar-refractivity contribution in [1.82, 2.24) is 0 Å². The van der Waals surface area contributed by atoms with Gasteiger partial charge in [-0.05, 0) is 67.8 Å². The van der Waals surface area contributed by atoms with Crippen molar-refractivity contribution in [3.8, 4) is 0 Å². The van der Waals surface area contributed by atoms with Crippen molar-refractivity contribution in [2.75, 3.05) is 4.31 Å². The van der Waals surface area contributed by atoms with E-state index in [1.165, 1.54) is 4.31 Å². The molecule has 0 aromatic heterocycles. The Balaban J connectivity index is 2.12. The van der Waals surface area contributed by atoms with Gasteiger partial charge in [0.05, 0.1) is 17.1 Å². The highest BCUT2D eigenvalue weighted by Crippen LogP contribution is 2.30. The summed E-state index contributed by atoms with van der Waals surface area (Å²) in [6.07, 6.45) is 0. The van der Waals surface area contributed by atoms with Crippen LogP contribution in [0.3, 0.4) is 0 Å². The highest BCUT2D eigenvalue weighted by atomic mass is 35.5. The number of nitrogens with zero attached hydrogens (tertiary/aromatic N) is 1. The van der Waals surface area contributed by atoms with Crippen molar-refractivity contribution in [3.05, 3.63) is 94.0 Å². The van der Waals surface area contributed by atoms with Gasteiger partial charge in [0.1, 0.15) is 0 Å². The van der Waals surface area contributed by atoms with E-state index < -0.39 is 10.0 Å². The molecule has 0 saturated carbocycles. The Hall–Kier alpha value is -2.30. The van der Waals surface area contributed by atoms with E-state index in [-0.39, 0.29) is 11.4 Å². The van der Waals surface area contributed by atoms with Gasteiger partial charge in [0.2, 0.25) is 0 Å². The van der Waals surface area contributed by atoms with Crippen molar-refractivity contribution < 1.29 is 8.42 Å². The largest absolute Gasteiger partial charge is 0.264 e. The van der Waals surface area contributed by atoms with Crippen LogP contribution in [0.1, 0.15) is 22.3 Å². The van der Waals surface area contributed by atoms with Crippen LogP contribution in [0, 0.1) is 20.8 Å². The van der Waals surface area contributed by atoms with Gasteiger partial charge in [-0.25, -0.2) is 8.42 Å². The average Bonchev–Trinajstić information content (AvgIpc) is 2.63. The molecule has 0 atom stereocenters. The molecule has 0 radical (unpaired) electrons. The van der Waals surface area contributed by atoms with Crippen LogP contribution in [0.2, 0.25) is 5.02 Å². The first-order valence-electron chi connectivity index (χ1n) is 8.68. The Bertz CT molecular complexity index is 1040. The Kier molecular flexibility index (Phi) is 5.59. The maximum absolute atomic E-state index is 13.5. The molecule has 3 nitrogen and oxygen atoms in total. The zero-order chi connectivity index (χ0) is 19.6. The van der Waals surface area contributed by atoms with Crippen LogP contribution >= 0.6 is 11.6 Å². The van der Waals surface area contributed by atoms with E-state index in [0.29, 0.717) is 10.7 Å². The monoisotopic (exact) mass is 399 g/mol. The van der Waals surface area contributed by atoms with Crippen LogP contribution in [0.25, 0.3) is 0 Å². The second-order valence-electron chi connectivity index (χ2n) is 6.74. The van der Waals surface area contributed by atoms with Crippen molar-refractivity contribution >= 4 is 27.3 Å². The van der Waals surface area contributed by atoms with E-state index in [1.54, 1.807) is 24.3 Å². The minimum atomic E-state index is -3.72. The third-order valence-electron chi connectivity index (χ3n) is 4.48. The SMILES string of the molecule is Cc1ccc(S(=O)(=O)N(Cc2ccc(Cl)cc2)c2cc(C)ccc2C)cc1. The van der Waals surface area contributed by atoms with Crippen LogP contribution in [0.15, 0.2) is 71.6 Å². The molecule has 27 heavy (non-hydrogen) atoms. The summed E-state index contributed by atoms with van der Waals surface area (Å²) in [5.41, 5.74) is 4.49. The molecule has 0 aliphatic carbocycles. The number of rotatable bonds is 5. The van der Waals surface area contributed by atoms with Gasteiger partial charge in [-0.1, -0.05) is 53.6 Å². The maximum Gasteiger partial charge on any atom is 0.264 e. The predicted octanol–water partition coefficient (Wildman–Crippen LogP) is 5.66. The van der Waals surface area contributed by atoms with Crippen LogP contribution in [-0.4, -0.2) is 8.42 Å². The minimum absolute atomic E-state index is 0.234. The first-order valence-corrected chi connectivity index (χ1v) is 10.5. The highest BCUT2D eigenvalue weighted by Gasteiger charge is 2.26. The van der Waals surface area contributed by atoms with Gasteiger partial charge in [0, 0.05) is 5.02 Å². The molecular weight excluding hydrogens is 378 g/mol. The summed E-state index contributed by atoms with van der Waals surface area (Å²) < 4.78 is 28.4. The van der Waals surface area contributed by atoms with Crippen LogP contribution < -0.4 is 4.31 Å². The Morgan fingerprint density at radius 1 is 0.815 bits per heavy atom. The van der Waals surface area contributed by atoms with Crippen molar-refractivity contribution in [2.24, 2.45) is 0 Å². The predicted molar refractivity (Wildman–Crippen MR) is 112 cm³/mol. The molecular formula is C22H22ClNO2S. The number of hydrogen-bond donors (Lipinski definition) is 0. The summed E-state index contributed by atoms with van der Waals surface area (Å²) >= 11 is 5.98. The van der Waals surface area contributed by atoms with E-state index in [0.717, 1.165) is 22.3 Å². The normalized spacial score (nSPS) is 11.4. The van der Waals surface area contributed by atoms with Crippen LogP contribution in [0.5, 0.6) is 0 Å². The fourth-order valence-corrected chi connectivity index (χ4v) is 4.52. The first kappa shape index (κ1) is 19.5. The van der Waals surface area contributed by atoms with E-state index in [4.69, 9.17) is 11.6 Å². The third kappa shape index (κ3) is 4.34. The quantitative estimate of drug-likeness (QED) is 0.555. The summed E-state index contributed by atoms with van der Waals surface area (Å²) in [7, 11) is -3.72. The standard InChI is InChI=1S/C22H22ClNO2S/c1-16-5-12-21(13-6-16)27(25,26)24(15-19-8-10-20(23)11-9-19)22-14-17(2)4-7-18(22)3/h4-14H,15H2,1-3H3. The summed E-state index contributed by atoms with van der Waals surface area (Å²) in [6, 6.07) is 20.0. The fraction of sp³-hybridized carbons (Fsp3) is 0.182. The molecule has 0 N–H and O–H groups in total. The summed E-state index contributed by atoms with van der Waals surface area (Å²) in [4.78, 5) is 0.281. The molecule has 5 heteroatoms. The molecule has 0 bridgehead atoms. The first-order chi connectivity index (χ1) is 12.8. The number of halogens is 1. The van der Waals surface area contributed by atoms with Gasteiger partial charge in [-0.2, -0.15) is 0 Å². The molecule has 3 aromatic carbocycles. The molecule has 3 aromatic rings.